The average Bonchev–Trinajstić information content (AvgIpc) is 2.23. The summed E-state index contributed by atoms with van der Waals surface area (Å²) >= 11 is 0. The van der Waals surface area contributed by atoms with Crippen molar-refractivity contribution in [3.8, 4) is 0 Å². The second-order valence-corrected chi connectivity index (χ2v) is 6.77. The van der Waals surface area contributed by atoms with E-state index in [4.69, 9.17) is 5.55 Å². The highest BCUT2D eigenvalue weighted by Gasteiger charge is 2.20. The van der Waals surface area contributed by atoms with Crippen molar-refractivity contribution in [1.82, 2.24) is 0 Å². The largest absolute Gasteiger partial charge is 0.267 e. The summed E-state index contributed by atoms with van der Waals surface area (Å²) in [5.74, 6) is 0. The van der Waals surface area contributed by atoms with E-state index in [1.54, 1.807) is 18.2 Å². The van der Waals surface area contributed by atoms with Gasteiger partial charge in [0.15, 0.2) is 0 Å². The maximum atomic E-state index is 11.2. The predicted octanol–water partition coefficient (Wildman–Crippen LogP) is 0.680. The zero-order chi connectivity index (χ0) is 14.7. The minimum absolute atomic E-state index is 0.330. The molecule has 102 valence electrons. The van der Waals surface area contributed by atoms with Crippen molar-refractivity contribution in [2.45, 2.75) is 6.10 Å². The molecule has 18 heavy (non-hydrogen) atoms. The van der Waals surface area contributed by atoms with Crippen molar-refractivity contribution in [3.05, 3.63) is 35.9 Å². The highest BCUT2D eigenvalue weighted by Crippen LogP contribution is 2.20. The number of benzene rings is 1. The minimum Gasteiger partial charge on any atom is -0.267 e. The van der Waals surface area contributed by atoms with Crippen LogP contribution in [0.1, 0.15) is 13.0 Å². The van der Waals surface area contributed by atoms with Crippen molar-refractivity contribution in [1.29, 1.82) is 0 Å². The molecule has 0 aromatic heterocycles. The van der Waals surface area contributed by atoms with Gasteiger partial charge in [-0.25, -0.2) is 0 Å². The lowest BCUT2D eigenvalue weighted by molar-refractivity contribution is 0.141. The molecule has 2 atom stereocenters. The summed E-state index contributed by atoms with van der Waals surface area (Å²) in [5.41, 5.74) is 0.330. The van der Waals surface area contributed by atoms with Gasteiger partial charge in [0, 0.05) is 0 Å². The van der Waals surface area contributed by atoms with Gasteiger partial charge in [0.05, 0.1) is 20.5 Å². The zero-order valence-electron chi connectivity index (χ0n) is 10.8. The van der Waals surface area contributed by atoms with Crippen LogP contribution in [-0.4, -0.2) is 35.9 Å². The van der Waals surface area contributed by atoms with Gasteiger partial charge in [-0.1, -0.05) is 30.3 Å². The summed E-state index contributed by atoms with van der Waals surface area (Å²) in [6.45, 7) is -1.72. The number of hydrogen-bond acceptors (Lipinski definition) is 6. The topological polar surface area (TPSA) is 86.7 Å². The Hall–Kier alpha value is -0.960. The molecule has 8 heteroatoms. The van der Waals surface area contributed by atoms with Crippen LogP contribution in [0.4, 0.5) is 0 Å². The van der Waals surface area contributed by atoms with E-state index in [1.807, 2.05) is 0 Å². The molecular weight excluding hydrogens is 280 g/mol. The van der Waals surface area contributed by atoms with Gasteiger partial charge >= 0.3 is 0 Å². The van der Waals surface area contributed by atoms with E-state index in [1.165, 1.54) is 12.1 Å². The first-order valence-electron chi connectivity index (χ1n) is 5.40. The molecule has 0 unspecified atom stereocenters. The van der Waals surface area contributed by atoms with Gasteiger partial charge in [-0.2, -0.15) is 16.8 Å². The first kappa shape index (κ1) is 13.5. The van der Waals surface area contributed by atoms with Crippen LogP contribution in [0.3, 0.4) is 0 Å². The van der Waals surface area contributed by atoms with Crippen molar-refractivity contribution in [2.24, 2.45) is 0 Å². The highest BCUT2D eigenvalue weighted by atomic mass is 32.2. The fourth-order valence-electron chi connectivity index (χ4n) is 1.14. The molecule has 0 saturated carbocycles. The van der Waals surface area contributed by atoms with E-state index < -0.39 is 32.9 Å². The number of hydrogen-bond donors (Lipinski definition) is 0. The van der Waals surface area contributed by atoms with Crippen molar-refractivity contribution in [3.63, 3.8) is 0 Å². The summed E-state index contributed by atoms with van der Waals surface area (Å²) in [5, 5.41) is 0. The monoisotopic (exact) mass is 295 g/mol. The second kappa shape index (κ2) is 5.79. The fraction of sp³-hybridized carbons (Fsp3) is 0.400. The normalized spacial score (nSPS) is 16.9. The molecular formula is C10H14O6S2. The second-order valence-electron chi connectivity index (χ2n) is 3.57. The van der Waals surface area contributed by atoms with E-state index in [-0.39, 0.29) is 0 Å². The predicted molar refractivity (Wildman–Crippen MR) is 65.9 cm³/mol. The van der Waals surface area contributed by atoms with Crippen LogP contribution in [0, 0.1) is 0 Å². The lowest BCUT2D eigenvalue weighted by Gasteiger charge is -2.15. The minimum atomic E-state index is -3.89. The van der Waals surface area contributed by atoms with Gasteiger partial charge < -0.3 is 0 Å². The molecule has 0 aliphatic rings. The molecule has 6 nitrogen and oxygen atoms in total. The van der Waals surface area contributed by atoms with Crippen LogP contribution in [-0.2, 0) is 28.6 Å². The third kappa shape index (κ3) is 6.10. The summed E-state index contributed by atoms with van der Waals surface area (Å²) < 4.78 is 61.1. The van der Waals surface area contributed by atoms with Gasteiger partial charge in [0.1, 0.15) is 6.10 Å². The Bertz CT molecular complexity index is 611. The first-order valence-corrected chi connectivity index (χ1v) is 8.45. The van der Waals surface area contributed by atoms with Crippen molar-refractivity contribution < 1.29 is 26.6 Å². The van der Waals surface area contributed by atoms with E-state index in [0.717, 1.165) is 12.5 Å². The van der Waals surface area contributed by atoms with Gasteiger partial charge in [-0.3, -0.25) is 8.37 Å². The molecule has 0 spiro atoms. The molecule has 1 aromatic rings. The van der Waals surface area contributed by atoms with Crippen LogP contribution in [0.2, 0.25) is 0 Å². The van der Waals surface area contributed by atoms with E-state index in [9.17, 15) is 16.8 Å². The summed E-state index contributed by atoms with van der Waals surface area (Å²) in [4.78, 5) is 0. The molecule has 0 fully saturated rings. The molecule has 0 aliphatic heterocycles. The first-order chi connectivity index (χ1) is 8.58. The van der Waals surface area contributed by atoms with Crippen LogP contribution in [0.15, 0.2) is 30.3 Å². The summed E-state index contributed by atoms with van der Waals surface area (Å²) in [6.07, 6.45) is 0.235. The maximum Gasteiger partial charge on any atom is 0.265 e. The SMILES string of the molecule is [2H][C@@H](OS(C)(=O)=O)[C@@H](OS(C)(=O)=O)c1ccccc1. The quantitative estimate of drug-likeness (QED) is 0.717. The molecule has 0 bridgehead atoms. The lowest BCUT2D eigenvalue weighted by Crippen LogP contribution is -2.18. The van der Waals surface area contributed by atoms with Crippen LogP contribution in [0.5, 0.6) is 0 Å². The average molecular weight is 295 g/mol. The molecule has 0 saturated heterocycles. The summed E-state index contributed by atoms with van der Waals surface area (Å²) in [6, 6.07) is 7.95. The third-order valence-corrected chi connectivity index (χ3v) is 2.78. The van der Waals surface area contributed by atoms with E-state index >= 15 is 0 Å². The Morgan fingerprint density at radius 2 is 1.67 bits per heavy atom. The van der Waals surface area contributed by atoms with Crippen LogP contribution < -0.4 is 0 Å². The fourth-order valence-corrected chi connectivity index (χ4v) is 1.98. The Labute approximate surface area is 108 Å². The highest BCUT2D eigenvalue weighted by molar-refractivity contribution is 7.86. The van der Waals surface area contributed by atoms with E-state index in [2.05, 4.69) is 4.18 Å². The summed E-state index contributed by atoms with van der Waals surface area (Å²) in [7, 11) is -7.76. The molecule has 0 radical (unpaired) electrons. The Balaban J connectivity index is 3.06. The van der Waals surface area contributed by atoms with Gasteiger partial charge in [0.2, 0.25) is 0 Å². The van der Waals surface area contributed by atoms with Gasteiger partial charge in [-0.05, 0) is 5.56 Å². The third-order valence-electron chi connectivity index (χ3n) is 1.76. The smallest absolute Gasteiger partial charge is 0.265 e. The van der Waals surface area contributed by atoms with Gasteiger partial charge in [-0.15, -0.1) is 0 Å². The molecule has 1 aromatic carbocycles. The lowest BCUT2D eigenvalue weighted by atomic mass is 10.1. The molecule has 0 N–H and O–H groups in total. The Morgan fingerprint density at radius 1 is 1.11 bits per heavy atom. The van der Waals surface area contributed by atoms with E-state index in [0.29, 0.717) is 5.56 Å². The van der Waals surface area contributed by atoms with Crippen molar-refractivity contribution >= 4 is 20.2 Å². The maximum absolute atomic E-state index is 11.2. The molecule has 0 aliphatic carbocycles. The Morgan fingerprint density at radius 3 is 2.11 bits per heavy atom. The molecule has 1 rings (SSSR count). The zero-order valence-corrected chi connectivity index (χ0v) is 11.4. The van der Waals surface area contributed by atoms with Crippen LogP contribution in [0.25, 0.3) is 0 Å². The van der Waals surface area contributed by atoms with Crippen molar-refractivity contribution in [2.75, 3.05) is 19.1 Å². The van der Waals surface area contributed by atoms with Gasteiger partial charge in [0.25, 0.3) is 20.2 Å². The number of rotatable bonds is 6. The molecule has 0 heterocycles. The standard InChI is InChI=1S/C10H14O6S2/c1-17(11,12)15-8-10(16-18(2,13)14)9-6-4-3-5-7-9/h3-7,10H,8H2,1-2H3/t10-/m1/s1/i8D/t8-,10-. The molecule has 0 amide bonds. The van der Waals surface area contributed by atoms with Crippen LogP contribution >= 0.6 is 0 Å². The Kier molecular flexibility index (Phi) is 4.33.